The predicted octanol–water partition coefficient (Wildman–Crippen LogP) is 4.90. The zero-order valence-electron chi connectivity index (χ0n) is 17.0. The van der Waals surface area contributed by atoms with E-state index in [1.165, 1.54) is 0 Å². The monoisotopic (exact) mass is 443 g/mol. The van der Waals surface area contributed by atoms with E-state index in [4.69, 9.17) is 0 Å². The Morgan fingerprint density at radius 3 is 2.29 bits per heavy atom. The summed E-state index contributed by atoms with van der Waals surface area (Å²) in [6, 6.07) is 7.48. The topological polar surface area (TPSA) is 57.6 Å². The van der Waals surface area contributed by atoms with Gasteiger partial charge in [0.15, 0.2) is 11.4 Å². The van der Waals surface area contributed by atoms with Gasteiger partial charge in [-0.3, -0.25) is 9.59 Å². The lowest BCUT2D eigenvalue weighted by molar-refractivity contribution is -0.135. The molecule has 148 valence electrons. The molecule has 0 spiro atoms. The smallest absolute Gasteiger partial charge is 0.264 e. The first-order valence-electron chi connectivity index (χ1n) is 9.56. The van der Waals surface area contributed by atoms with Crippen LogP contribution in [-0.2, 0) is 10.4 Å². The Kier molecular flexibility index (Phi) is 5.52. The molecule has 0 fully saturated rings. The number of aliphatic hydroxyl groups is 1. The van der Waals surface area contributed by atoms with E-state index in [1.54, 1.807) is 11.0 Å². The van der Waals surface area contributed by atoms with Crippen molar-refractivity contribution in [2.24, 2.45) is 0 Å². The summed E-state index contributed by atoms with van der Waals surface area (Å²) in [5, 5.41) is 11.5. The van der Waals surface area contributed by atoms with Gasteiger partial charge in [0, 0.05) is 22.1 Å². The minimum atomic E-state index is -1.85. The molecular weight excluding hydrogens is 418 g/mol. The highest BCUT2D eigenvalue weighted by Gasteiger charge is 2.51. The number of hydrogen-bond donors (Lipinski definition) is 1. The second-order valence-corrected chi connectivity index (χ2v) is 8.63. The lowest BCUT2D eigenvalue weighted by Crippen LogP contribution is -2.42. The number of rotatable bonds is 5. The zero-order valence-corrected chi connectivity index (χ0v) is 18.6. The van der Waals surface area contributed by atoms with Crippen LogP contribution < -0.4 is 4.90 Å². The van der Waals surface area contributed by atoms with Gasteiger partial charge in [0.05, 0.1) is 12.1 Å². The van der Waals surface area contributed by atoms with Gasteiger partial charge < -0.3 is 10.0 Å². The summed E-state index contributed by atoms with van der Waals surface area (Å²) in [6.07, 6.45) is 0.501. The van der Waals surface area contributed by atoms with Gasteiger partial charge in [-0.2, -0.15) is 0 Å². The average Bonchev–Trinajstić information content (AvgIpc) is 2.82. The maximum Gasteiger partial charge on any atom is 0.264 e. The van der Waals surface area contributed by atoms with Crippen molar-refractivity contribution in [3.8, 4) is 0 Å². The van der Waals surface area contributed by atoms with Crippen LogP contribution in [0.5, 0.6) is 0 Å². The summed E-state index contributed by atoms with van der Waals surface area (Å²) in [6.45, 7) is 10.3. The first-order chi connectivity index (χ1) is 13.1. The zero-order chi connectivity index (χ0) is 20.8. The highest BCUT2D eigenvalue weighted by atomic mass is 79.9. The second-order valence-electron chi connectivity index (χ2n) is 7.71. The first kappa shape index (κ1) is 20.7. The van der Waals surface area contributed by atoms with Crippen LogP contribution in [-0.4, -0.2) is 23.3 Å². The fraction of sp³-hybridized carbons (Fsp3) is 0.391. The van der Waals surface area contributed by atoms with Gasteiger partial charge in [0.25, 0.3) is 5.91 Å². The molecule has 3 rings (SSSR count). The molecule has 1 N–H and O–H groups in total. The van der Waals surface area contributed by atoms with E-state index in [-0.39, 0.29) is 12.2 Å². The first-order valence-corrected chi connectivity index (χ1v) is 10.4. The van der Waals surface area contributed by atoms with Crippen molar-refractivity contribution in [1.29, 1.82) is 0 Å². The molecule has 1 amide bonds. The summed E-state index contributed by atoms with van der Waals surface area (Å²) in [7, 11) is 0. The van der Waals surface area contributed by atoms with Crippen LogP contribution in [0.2, 0.25) is 0 Å². The fourth-order valence-electron chi connectivity index (χ4n) is 4.10. The molecule has 28 heavy (non-hydrogen) atoms. The van der Waals surface area contributed by atoms with Crippen molar-refractivity contribution in [2.75, 3.05) is 11.4 Å². The van der Waals surface area contributed by atoms with Crippen LogP contribution in [0.4, 0.5) is 5.69 Å². The third-order valence-electron chi connectivity index (χ3n) is 5.80. The summed E-state index contributed by atoms with van der Waals surface area (Å²) in [5.74, 6) is -0.627. The van der Waals surface area contributed by atoms with Crippen molar-refractivity contribution >= 4 is 33.3 Å². The highest BCUT2D eigenvalue weighted by Crippen LogP contribution is 2.44. The lowest BCUT2D eigenvalue weighted by atomic mass is 9.84. The molecular formula is C23H26BrNO3. The van der Waals surface area contributed by atoms with E-state index in [0.717, 1.165) is 33.1 Å². The normalized spacial score (nSPS) is 18.5. The minimum absolute atomic E-state index is 0.207. The van der Waals surface area contributed by atoms with Crippen LogP contribution in [0.25, 0.3) is 0 Å². The van der Waals surface area contributed by atoms with E-state index in [2.05, 4.69) is 22.0 Å². The van der Waals surface area contributed by atoms with E-state index >= 15 is 0 Å². The number of aryl methyl sites for hydroxylation is 2. The highest BCUT2D eigenvalue weighted by molar-refractivity contribution is 9.10. The summed E-state index contributed by atoms with van der Waals surface area (Å²) in [4.78, 5) is 28.1. The molecule has 1 unspecified atom stereocenters. The summed E-state index contributed by atoms with van der Waals surface area (Å²) in [5.41, 5.74) is 3.82. The van der Waals surface area contributed by atoms with Crippen LogP contribution in [0.3, 0.4) is 0 Å². The van der Waals surface area contributed by atoms with Gasteiger partial charge in [-0.05, 0) is 74.6 Å². The Morgan fingerprint density at radius 2 is 1.71 bits per heavy atom. The number of anilines is 1. The largest absolute Gasteiger partial charge is 0.375 e. The van der Waals surface area contributed by atoms with E-state index in [1.807, 2.05) is 46.8 Å². The molecule has 0 aromatic heterocycles. The Labute approximate surface area is 174 Å². The number of halogens is 1. The number of benzene rings is 2. The molecule has 1 aliphatic heterocycles. The second kappa shape index (κ2) is 7.45. The van der Waals surface area contributed by atoms with Crippen molar-refractivity contribution in [1.82, 2.24) is 0 Å². The van der Waals surface area contributed by atoms with Gasteiger partial charge in [-0.1, -0.05) is 28.9 Å². The number of fused-ring (bicyclic) bond motifs is 1. The van der Waals surface area contributed by atoms with E-state index < -0.39 is 11.5 Å². The standard InChI is InChI=1S/C23H26BrNO3/c1-6-9-25-19-8-7-17(24)11-18(19)23(28,22(25)27)12-20(26)21-15(4)13(2)10-14(3)16(21)5/h7-8,10-11,28H,6,9,12H2,1-5H3. The van der Waals surface area contributed by atoms with Crippen molar-refractivity contribution in [3.05, 3.63) is 62.1 Å². The maximum absolute atomic E-state index is 13.3. The number of ketones is 1. The van der Waals surface area contributed by atoms with Gasteiger partial charge in [0.2, 0.25) is 0 Å². The Morgan fingerprint density at radius 1 is 1.11 bits per heavy atom. The van der Waals surface area contributed by atoms with Gasteiger partial charge in [0.1, 0.15) is 0 Å². The molecule has 0 saturated heterocycles. The third-order valence-corrected chi connectivity index (χ3v) is 6.30. The third kappa shape index (κ3) is 3.20. The summed E-state index contributed by atoms with van der Waals surface area (Å²) < 4.78 is 0.766. The van der Waals surface area contributed by atoms with E-state index in [9.17, 15) is 14.7 Å². The van der Waals surface area contributed by atoms with Crippen LogP contribution in [0.15, 0.2) is 28.7 Å². The van der Waals surface area contributed by atoms with Gasteiger partial charge in [-0.15, -0.1) is 0 Å². The fourth-order valence-corrected chi connectivity index (χ4v) is 4.46. The minimum Gasteiger partial charge on any atom is -0.375 e. The lowest BCUT2D eigenvalue weighted by Gasteiger charge is -2.24. The number of Topliss-reactive ketones (excluding diaryl/α,β-unsaturated/α-hetero) is 1. The number of nitrogens with zero attached hydrogens (tertiary/aromatic N) is 1. The van der Waals surface area contributed by atoms with Crippen molar-refractivity contribution < 1.29 is 14.7 Å². The number of amides is 1. The molecule has 0 radical (unpaired) electrons. The molecule has 1 aliphatic rings. The van der Waals surface area contributed by atoms with Crippen molar-refractivity contribution in [3.63, 3.8) is 0 Å². The molecule has 0 aliphatic carbocycles. The predicted molar refractivity (Wildman–Crippen MR) is 115 cm³/mol. The molecule has 2 aromatic rings. The molecule has 0 saturated carbocycles. The molecule has 4 nitrogen and oxygen atoms in total. The SMILES string of the molecule is CCCN1C(=O)C(O)(CC(=O)c2c(C)c(C)cc(C)c2C)c2cc(Br)ccc21. The number of carbonyl (C=O) groups is 2. The molecule has 1 atom stereocenters. The molecule has 2 aromatic carbocycles. The van der Waals surface area contributed by atoms with Gasteiger partial charge >= 0.3 is 0 Å². The molecule has 0 bridgehead atoms. The van der Waals surface area contributed by atoms with Crippen LogP contribution >= 0.6 is 15.9 Å². The van der Waals surface area contributed by atoms with Crippen molar-refractivity contribution in [2.45, 2.75) is 53.1 Å². The Bertz CT molecular complexity index is 956. The maximum atomic E-state index is 13.3. The van der Waals surface area contributed by atoms with Crippen LogP contribution in [0, 0.1) is 27.7 Å². The molecule has 1 heterocycles. The Hall–Kier alpha value is -1.98. The quantitative estimate of drug-likeness (QED) is 0.668. The summed E-state index contributed by atoms with van der Waals surface area (Å²) >= 11 is 3.42. The number of carbonyl (C=O) groups excluding carboxylic acids is 2. The average molecular weight is 444 g/mol. The van der Waals surface area contributed by atoms with Gasteiger partial charge in [-0.25, -0.2) is 0 Å². The Balaban J connectivity index is 2.09. The van der Waals surface area contributed by atoms with Crippen LogP contribution in [0.1, 0.15) is 57.9 Å². The molecule has 5 heteroatoms. The number of hydrogen-bond acceptors (Lipinski definition) is 3. The van der Waals surface area contributed by atoms with E-state index in [0.29, 0.717) is 23.4 Å².